The molecule has 0 heterocycles. The summed E-state index contributed by atoms with van der Waals surface area (Å²) in [4.78, 5) is 25.8. The molecule has 132 valence electrons. The van der Waals surface area contributed by atoms with Crippen molar-refractivity contribution in [2.24, 2.45) is 0 Å². The molecule has 0 aromatic heterocycles. The van der Waals surface area contributed by atoms with Gasteiger partial charge in [-0.3, -0.25) is 9.59 Å². The van der Waals surface area contributed by atoms with E-state index in [4.69, 9.17) is 4.74 Å². The molecule has 0 fully saturated rings. The van der Waals surface area contributed by atoms with Crippen LogP contribution >= 0.6 is 0 Å². The Morgan fingerprint density at radius 3 is 2.44 bits per heavy atom. The molecule has 0 spiro atoms. The molecule has 2 amide bonds. The number of aryl methyl sites for hydroxylation is 1. The van der Waals surface area contributed by atoms with E-state index in [1.54, 1.807) is 24.1 Å². The van der Waals surface area contributed by atoms with Crippen molar-refractivity contribution in [2.75, 3.05) is 19.0 Å². The van der Waals surface area contributed by atoms with Crippen molar-refractivity contribution in [3.63, 3.8) is 0 Å². The number of rotatable bonds is 7. The highest BCUT2D eigenvalue weighted by molar-refractivity contribution is 5.92. The Bertz CT molecular complexity index is 743. The number of hydrogen-bond donors (Lipinski definition) is 1. The van der Waals surface area contributed by atoms with Gasteiger partial charge in [0.25, 0.3) is 0 Å². The molecule has 0 saturated heterocycles. The van der Waals surface area contributed by atoms with Gasteiger partial charge in [0.1, 0.15) is 5.75 Å². The van der Waals surface area contributed by atoms with Crippen LogP contribution in [0.3, 0.4) is 0 Å². The van der Waals surface area contributed by atoms with Crippen LogP contribution in [0.5, 0.6) is 5.75 Å². The number of ether oxygens (including phenoxy) is 1. The van der Waals surface area contributed by atoms with E-state index in [1.165, 1.54) is 6.92 Å². The van der Waals surface area contributed by atoms with Crippen LogP contribution in [0, 0.1) is 6.92 Å². The van der Waals surface area contributed by atoms with E-state index in [1.807, 2.05) is 43.3 Å². The lowest BCUT2D eigenvalue weighted by atomic mass is 10.1. The average Bonchev–Trinajstić information content (AvgIpc) is 2.60. The van der Waals surface area contributed by atoms with E-state index in [2.05, 4.69) is 5.32 Å². The molecule has 2 rings (SSSR count). The number of methoxy groups -OCH3 is 1. The first kappa shape index (κ1) is 18.5. The number of amides is 2. The molecule has 2 aromatic rings. The highest BCUT2D eigenvalue weighted by Gasteiger charge is 2.14. The van der Waals surface area contributed by atoms with Gasteiger partial charge in [-0.1, -0.05) is 36.4 Å². The monoisotopic (exact) mass is 340 g/mol. The number of anilines is 1. The van der Waals surface area contributed by atoms with Gasteiger partial charge in [-0.2, -0.15) is 0 Å². The zero-order chi connectivity index (χ0) is 18.2. The standard InChI is InChI=1S/C20H24N2O3/c1-15-8-4-5-9-17(15)14-22(16(2)23)13-12-20(24)21-18-10-6-7-11-19(18)25-3/h4-11H,12-14H2,1-3H3,(H,21,24). The second-order valence-corrected chi connectivity index (χ2v) is 5.87. The molecular formula is C20H24N2O3. The lowest BCUT2D eigenvalue weighted by Gasteiger charge is -2.22. The smallest absolute Gasteiger partial charge is 0.226 e. The van der Waals surface area contributed by atoms with E-state index in [-0.39, 0.29) is 18.2 Å². The molecule has 0 radical (unpaired) electrons. The first-order chi connectivity index (χ1) is 12.0. The average molecular weight is 340 g/mol. The summed E-state index contributed by atoms with van der Waals surface area (Å²) >= 11 is 0. The maximum absolute atomic E-state index is 12.2. The van der Waals surface area contributed by atoms with Crippen LogP contribution < -0.4 is 10.1 Å². The normalized spacial score (nSPS) is 10.2. The molecule has 0 bridgehead atoms. The van der Waals surface area contributed by atoms with Crippen LogP contribution in [0.15, 0.2) is 48.5 Å². The molecule has 0 unspecified atom stereocenters. The minimum absolute atomic E-state index is 0.0478. The zero-order valence-corrected chi connectivity index (χ0v) is 14.9. The Hall–Kier alpha value is -2.82. The SMILES string of the molecule is COc1ccccc1NC(=O)CCN(Cc1ccccc1C)C(C)=O. The molecule has 0 aliphatic heterocycles. The lowest BCUT2D eigenvalue weighted by Crippen LogP contribution is -2.31. The third-order valence-electron chi connectivity index (χ3n) is 4.06. The van der Waals surface area contributed by atoms with E-state index < -0.39 is 0 Å². The number of hydrogen-bond acceptors (Lipinski definition) is 3. The summed E-state index contributed by atoms with van der Waals surface area (Å²) in [6.07, 6.45) is 0.226. The van der Waals surface area contributed by atoms with Crippen molar-refractivity contribution < 1.29 is 14.3 Å². The van der Waals surface area contributed by atoms with Crippen molar-refractivity contribution in [3.8, 4) is 5.75 Å². The third kappa shape index (κ3) is 5.35. The minimum atomic E-state index is -0.152. The minimum Gasteiger partial charge on any atom is -0.495 e. The van der Waals surface area contributed by atoms with E-state index in [0.717, 1.165) is 11.1 Å². The maximum Gasteiger partial charge on any atom is 0.226 e. The van der Waals surface area contributed by atoms with E-state index >= 15 is 0 Å². The Morgan fingerprint density at radius 1 is 1.08 bits per heavy atom. The summed E-state index contributed by atoms with van der Waals surface area (Å²) in [5.74, 6) is 0.410. The molecule has 2 aromatic carbocycles. The first-order valence-electron chi connectivity index (χ1n) is 8.24. The number of nitrogens with one attached hydrogen (secondary N) is 1. The fourth-order valence-electron chi connectivity index (χ4n) is 2.54. The lowest BCUT2D eigenvalue weighted by molar-refractivity contribution is -0.129. The second-order valence-electron chi connectivity index (χ2n) is 5.87. The Morgan fingerprint density at radius 2 is 1.76 bits per heavy atom. The highest BCUT2D eigenvalue weighted by Crippen LogP contribution is 2.23. The van der Waals surface area contributed by atoms with Gasteiger partial charge in [-0.05, 0) is 30.2 Å². The van der Waals surface area contributed by atoms with Gasteiger partial charge in [0.05, 0.1) is 12.8 Å². The second kappa shape index (κ2) is 8.87. The third-order valence-corrected chi connectivity index (χ3v) is 4.06. The van der Waals surface area contributed by atoms with Crippen molar-refractivity contribution in [2.45, 2.75) is 26.8 Å². The fourth-order valence-corrected chi connectivity index (χ4v) is 2.54. The van der Waals surface area contributed by atoms with Crippen LogP contribution in [0.2, 0.25) is 0 Å². The molecule has 0 atom stereocenters. The Labute approximate surface area is 148 Å². The quantitative estimate of drug-likeness (QED) is 0.840. The number of benzene rings is 2. The predicted molar refractivity (Wildman–Crippen MR) is 98.5 cm³/mol. The molecule has 0 aliphatic carbocycles. The van der Waals surface area contributed by atoms with E-state index in [9.17, 15) is 9.59 Å². The zero-order valence-electron chi connectivity index (χ0n) is 14.9. The summed E-state index contributed by atoms with van der Waals surface area (Å²) in [5, 5.41) is 2.83. The van der Waals surface area contributed by atoms with Gasteiger partial charge >= 0.3 is 0 Å². The Balaban J connectivity index is 1.95. The number of carbonyl (C=O) groups is 2. The van der Waals surface area contributed by atoms with Crippen molar-refractivity contribution in [3.05, 3.63) is 59.7 Å². The highest BCUT2D eigenvalue weighted by atomic mass is 16.5. The summed E-state index contributed by atoms with van der Waals surface area (Å²) < 4.78 is 5.22. The topological polar surface area (TPSA) is 58.6 Å². The molecule has 25 heavy (non-hydrogen) atoms. The molecule has 5 nitrogen and oxygen atoms in total. The van der Waals surface area contributed by atoms with Gasteiger partial charge in [0.15, 0.2) is 0 Å². The molecule has 0 aliphatic rings. The Kier molecular flexibility index (Phi) is 6.57. The molecule has 0 saturated carbocycles. The summed E-state index contributed by atoms with van der Waals surface area (Å²) in [5.41, 5.74) is 2.85. The van der Waals surface area contributed by atoms with Gasteiger partial charge in [-0.15, -0.1) is 0 Å². The maximum atomic E-state index is 12.2. The van der Waals surface area contributed by atoms with Crippen LogP contribution in [0.25, 0.3) is 0 Å². The van der Waals surface area contributed by atoms with Gasteiger partial charge in [0.2, 0.25) is 11.8 Å². The van der Waals surface area contributed by atoms with Crippen LogP contribution in [0.1, 0.15) is 24.5 Å². The van der Waals surface area contributed by atoms with Crippen molar-refractivity contribution >= 4 is 17.5 Å². The summed E-state index contributed by atoms with van der Waals surface area (Å²) in [7, 11) is 1.56. The largest absolute Gasteiger partial charge is 0.495 e. The number of nitrogens with zero attached hydrogens (tertiary/aromatic N) is 1. The molecule has 1 N–H and O–H groups in total. The summed E-state index contributed by atoms with van der Waals surface area (Å²) in [6, 6.07) is 15.2. The van der Waals surface area contributed by atoms with Crippen LogP contribution in [0.4, 0.5) is 5.69 Å². The van der Waals surface area contributed by atoms with Crippen molar-refractivity contribution in [1.82, 2.24) is 4.90 Å². The number of para-hydroxylation sites is 2. The number of carbonyl (C=O) groups excluding carboxylic acids is 2. The van der Waals surface area contributed by atoms with Crippen LogP contribution in [-0.4, -0.2) is 30.4 Å². The molecular weight excluding hydrogens is 316 g/mol. The van der Waals surface area contributed by atoms with E-state index in [0.29, 0.717) is 24.5 Å². The fraction of sp³-hybridized carbons (Fsp3) is 0.300. The van der Waals surface area contributed by atoms with Gasteiger partial charge < -0.3 is 15.0 Å². The van der Waals surface area contributed by atoms with Gasteiger partial charge in [0, 0.05) is 26.4 Å². The molecule has 5 heteroatoms. The van der Waals surface area contributed by atoms with Gasteiger partial charge in [-0.25, -0.2) is 0 Å². The van der Waals surface area contributed by atoms with Crippen molar-refractivity contribution in [1.29, 1.82) is 0 Å². The predicted octanol–water partition coefficient (Wildman–Crippen LogP) is 3.38. The van der Waals surface area contributed by atoms with Crippen LogP contribution in [-0.2, 0) is 16.1 Å². The first-order valence-corrected chi connectivity index (χ1v) is 8.24. The summed E-state index contributed by atoms with van der Waals surface area (Å²) in [6.45, 7) is 4.41.